The summed E-state index contributed by atoms with van der Waals surface area (Å²) in [6.45, 7) is 1.00. The summed E-state index contributed by atoms with van der Waals surface area (Å²) >= 11 is 7.58. The van der Waals surface area contributed by atoms with Gasteiger partial charge in [-0.3, -0.25) is 9.48 Å². The third-order valence-corrected chi connectivity index (χ3v) is 5.19. The van der Waals surface area contributed by atoms with E-state index in [0.717, 1.165) is 10.2 Å². The Balaban J connectivity index is 1.41. The number of likely N-dealkylation sites (tertiary alicyclic amines) is 1. The fraction of sp³-hybridized carbons (Fsp3) is 0.312. The first-order valence-electron chi connectivity index (χ1n) is 7.64. The molecule has 0 N–H and O–H groups in total. The van der Waals surface area contributed by atoms with Crippen molar-refractivity contribution in [2.75, 3.05) is 20.2 Å². The molecule has 25 heavy (non-hydrogen) atoms. The topological polar surface area (TPSA) is 69.5 Å². The van der Waals surface area contributed by atoms with E-state index in [1.807, 2.05) is 12.1 Å². The average molecular weight is 379 g/mol. The second kappa shape index (κ2) is 6.20. The van der Waals surface area contributed by atoms with E-state index in [4.69, 9.17) is 21.1 Å². The summed E-state index contributed by atoms with van der Waals surface area (Å²) in [5, 5.41) is 5.28. The molecule has 1 fully saturated rings. The molecule has 1 aromatic carbocycles. The SMILES string of the molecule is COc1nn(C)cc1C(=O)N1CC(Oc2nc3c(Cl)cccc3s2)C1. The molecule has 9 heteroatoms. The number of carbonyl (C=O) groups excluding carboxylic acids is 1. The molecule has 130 valence electrons. The molecular weight excluding hydrogens is 364 g/mol. The molecule has 0 unspecified atom stereocenters. The second-order valence-corrected chi connectivity index (χ2v) is 7.14. The largest absolute Gasteiger partial charge is 0.479 e. The van der Waals surface area contributed by atoms with Crippen LogP contribution in [0.25, 0.3) is 10.2 Å². The molecule has 0 spiro atoms. The van der Waals surface area contributed by atoms with Crippen LogP contribution in [0.5, 0.6) is 11.1 Å². The van der Waals surface area contributed by atoms with Crippen molar-refractivity contribution >= 4 is 39.1 Å². The Morgan fingerprint density at radius 1 is 1.40 bits per heavy atom. The van der Waals surface area contributed by atoms with Gasteiger partial charge in [-0.25, -0.2) is 4.98 Å². The Morgan fingerprint density at radius 3 is 2.92 bits per heavy atom. The number of fused-ring (bicyclic) bond motifs is 1. The number of thiazole rings is 1. The number of para-hydroxylation sites is 1. The van der Waals surface area contributed by atoms with Gasteiger partial charge in [0.05, 0.1) is 29.9 Å². The maximum absolute atomic E-state index is 12.5. The quantitative estimate of drug-likeness (QED) is 0.698. The zero-order valence-electron chi connectivity index (χ0n) is 13.6. The van der Waals surface area contributed by atoms with Crippen molar-refractivity contribution < 1.29 is 14.3 Å². The number of ether oxygens (including phenoxy) is 2. The molecule has 2 aromatic heterocycles. The lowest BCUT2D eigenvalue weighted by atomic mass is 10.1. The summed E-state index contributed by atoms with van der Waals surface area (Å²) in [5.74, 6) is 0.217. The standard InChI is InChI=1S/C16H15ClN4O3S/c1-20-8-10(14(19-20)23-2)15(22)21-6-9(7-21)24-16-18-13-11(17)4-3-5-12(13)25-16/h3-5,8-9H,6-7H2,1-2H3. The summed E-state index contributed by atoms with van der Waals surface area (Å²) in [6, 6.07) is 5.65. The van der Waals surface area contributed by atoms with Crippen LogP contribution in [0, 0.1) is 0 Å². The van der Waals surface area contributed by atoms with Crippen molar-refractivity contribution in [1.29, 1.82) is 0 Å². The van der Waals surface area contributed by atoms with Gasteiger partial charge < -0.3 is 14.4 Å². The molecule has 0 radical (unpaired) electrons. The van der Waals surface area contributed by atoms with Crippen LogP contribution in [0.3, 0.4) is 0 Å². The van der Waals surface area contributed by atoms with Crippen molar-refractivity contribution in [2.45, 2.75) is 6.10 Å². The first kappa shape index (κ1) is 16.2. The van der Waals surface area contributed by atoms with E-state index in [1.165, 1.54) is 18.4 Å². The van der Waals surface area contributed by atoms with Crippen LogP contribution in [0.2, 0.25) is 5.02 Å². The van der Waals surface area contributed by atoms with Gasteiger partial charge in [-0.1, -0.05) is 29.0 Å². The minimum absolute atomic E-state index is 0.0778. The average Bonchev–Trinajstić information content (AvgIpc) is 3.13. The van der Waals surface area contributed by atoms with Gasteiger partial charge in [0.1, 0.15) is 17.2 Å². The number of rotatable bonds is 4. The van der Waals surface area contributed by atoms with Crippen LogP contribution >= 0.6 is 22.9 Å². The van der Waals surface area contributed by atoms with E-state index in [-0.39, 0.29) is 12.0 Å². The highest BCUT2D eigenvalue weighted by molar-refractivity contribution is 7.20. The molecule has 1 aliphatic rings. The van der Waals surface area contributed by atoms with E-state index >= 15 is 0 Å². The third-order valence-electron chi connectivity index (χ3n) is 3.97. The zero-order chi connectivity index (χ0) is 17.6. The fourth-order valence-electron chi connectivity index (χ4n) is 2.70. The first-order valence-corrected chi connectivity index (χ1v) is 8.83. The molecule has 1 aliphatic heterocycles. The Kier molecular flexibility index (Phi) is 4.01. The number of methoxy groups -OCH3 is 1. The lowest BCUT2D eigenvalue weighted by molar-refractivity contribution is 0.0175. The van der Waals surface area contributed by atoms with Crippen LogP contribution in [0.4, 0.5) is 0 Å². The third kappa shape index (κ3) is 2.91. The summed E-state index contributed by atoms with van der Waals surface area (Å²) in [4.78, 5) is 18.6. The van der Waals surface area contributed by atoms with E-state index in [9.17, 15) is 4.79 Å². The molecule has 4 rings (SSSR count). The highest BCUT2D eigenvalue weighted by Gasteiger charge is 2.35. The fourth-order valence-corrected chi connectivity index (χ4v) is 3.88. The number of carbonyl (C=O) groups is 1. The second-order valence-electron chi connectivity index (χ2n) is 5.74. The van der Waals surface area contributed by atoms with Crippen molar-refractivity contribution in [3.63, 3.8) is 0 Å². The maximum atomic E-state index is 12.5. The summed E-state index contributed by atoms with van der Waals surface area (Å²) < 4.78 is 13.6. The number of aryl methyl sites for hydroxylation is 1. The molecule has 0 atom stereocenters. The molecular formula is C16H15ClN4O3S. The van der Waals surface area contributed by atoms with E-state index in [2.05, 4.69) is 10.1 Å². The van der Waals surface area contributed by atoms with Crippen LogP contribution < -0.4 is 9.47 Å². The number of hydrogen-bond donors (Lipinski definition) is 0. The van der Waals surface area contributed by atoms with Crippen LogP contribution in [0.15, 0.2) is 24.4 Å². The molecule has 3 aromatic rings. The monoisotopic (exact) mass is 378 g/mol. The molecule has 0 aliphatic carbocycles. The van der Waals surface area contributed by atoms with Gasteiger partial charge in [-0.2, -0.15) is 0 Å². The van der Waals surface area contributed by atoms with Crippen molar-refractivity contribution in [3.8, 4) is 11.1 Å². The Bertz CT molecular complexity index is 948. The van der Waals surface area contributed by atoms with Gasteiger partial charge in [0.25, 0.3) is 11.1 Å². The van der Waals surface area contributed by atoms with Gasteiger partial charge in [0.2, 0.25) is 5.88 Å². The van der Waals surface area contributed by atoms with Crippen molar-refractivity contribution in [1.82, 2.24) is 19.7 Å². The summed E-state index contributed by atoms with van der Waals surface area (Å²) in [6.07, 6.45) is 1.58. The van der Waals surface area contributed by atoms with E-state index in [0.29, 0.717) is 34.7 Å². The predicted molar refractivity (Wildman–Crippen MR) is 94.7 cm³/mol. The molecule has 0 bridgehead atoms. The number of nitrogens with zero attached hydrogens (tertiary/aromatic N) is 4. The van der Waals surface area contributed by atoms with Crippen LogP contribution in [0.1, 0.15) is 10.4 Å². The van der Waals surface area contributed by atoms with Gasteiger partial charge in [0, 0.05) is 13.2 Å². The van der Waals surface area contributed by atoms with Crippen molar-refractivity contribution in [3.05, 3.63) is 35.0 Å². The Labute approximate surface area is 152 Å². The maximum Gasteiger partial charge on any atom is 0.274 e. The first-order chi connectivity index (χ1) is 12.0. The lowest BCUT2D eigenvalue weighted by Gasteiger charge is -2.38. The Morgan fingerprint density at radius 2 is 2.20 bits per heavy atom. The lowest BCUT2D eigenvalue weighted by Crippen LogP contribution is -2.56. The molecule has 3 heterocycles. The summed E-state index contributed by atoms with van der Waals surface area (Å²) in [7, 11) is 3.25. The Hall–Kier alpha value is -2.32. The zero-order valence-corrected chi connectivity index (χ0v) is 15.2. The number of aromatic nitrogens is 3. The van der Waals surface area contributed by atoms with Gasteiger partial charge in [-0.15, -0.1) is 5.10 Å². The van der Waals surface area contributed by atoms with Gasteiger partial charge >= 0.3 is 0 Å². The normalized spacial score (nSPS) is 14.6. The van der Waals surface area contributed by atoms with Gasteiger partial charge in [0.15, 0.2) is 0 Å². The smallest absolute Gasteiger partial charge is 0.274 e. The van der Waals surface area contributed by atoms with E-state index < -0.39 is 0 Å². The minimum Gasteiger partial charge on any atom is -0.479 e. The molecule has 0 saturated carbocycles. The number of benzene rings is 1. The number of halogens is 1. The predicted octanol–water partition coefficient (Wildman–Crippen LogP) is 2.60. The van der Waals surface area contributed by atoms with Gasteiger partial charge in [-0.05, 0) is 12.1 Å². The van der Waals surface area contributed by atoms with E-state index in [1.54, 1.807) is 28.9 Å². The van der Waals surface area contributed by atoms with Crippen LogP contribution in [-0.2, 0) is 7.05 Å². The summed E-state index contributed by atoms with van der Waals surface area (Å²) in [5.41, 5.74) is 1.20. The minimum atomic E-state index is -0.114. The highest BCUT2D eigenvalue weighted by Crippen LogP contribution is 2.33. The molecule has 7 nitrogen and oxygen atoms in total. The van der Waals surface area contributed by atoms with Crippen LogP contribution in [-0.4, -0.2) is 51.9 Å². The molecule has 1 amide bonds. The van der Waals surface area contributed by atoms with Crippen molar-refractivity contribution in [2.24, 2.45) is 7.05 Å². The highest BCUT2D eigenvalue weighted by atomic mass is 35.5. The number of hydrogen-bond acceptors (Lipinski definition) is 6. The number of amides is 1. The molecule has 1 saturated heterocycles.